The van der Waals surface area contributed by atoms with Gasteiger partial charge in [-0.15, -0.1) is 0 Å². The molecule has 7 heteroatoms. The summed E-state index contributed by atoms with van der Waals surface area (Å²) < 4.78 is 24.6. The maximum atomic E-state index is 12.3. The summed E-state index contributed by atoms with van der Waals surface area (Å²) in [5.41, 5.74) is 1.59. The van der Waals surface area contributed by atoms with E-state index in [2.05, 4.69) is 5.32 Å². The van der Waals surface area contributed by atoms with Crippen molar-refractivity contribution in [3.8, 4) is 0 Å². The van der Waals surface area contributed by atoms with Crippen LogP contribution < -0.4 is 5.32 Å². The number of benzene rings is 2. The van der Waals surface area contributed by atoms with Crippen LogP contribution in [0.3, 0.4) is 0 Å². The monoisotopic (exact) mass is 318 g/mol. The number of sulfone groups is 1. The van der Waals surface area contributed by atoms with Crippen LogP contribution in [-0.2, 0) is 9.84 Å². The van der Waals surface area contributed by atoms with Crippen molar-refractivity contribution in [1.82, 2.24) is 0 Å². The minimum Gasteiger partial charge on any atom is -0.355 e. The van der Waals surface area contributed by atoms with Gasteiger partial charge in [0.05, 0.1) is 16.0 Å². The molecule has 2 aromatic rings. The minimum absolute atomic E-state index is 0.122. The molecule has 2 aromatic carbocycles. The Hall–Kier alpha value is -2.67. The molecule has 2 rings (SSSR count). The summed E-state index contributed by atoms with van der Waals surface area (Å²) in [5.74, 6) is 0. The van der Waals surface area contributed by atoms with E-state index in [9.17, 15) is 18.5 Å². The Morgan fingerprint density at radius 3 is 2.23 bits per heavy atom. The summed E-state index contributed by atoms with van der Waals surface area (Å²) in [6.07, 6.45) is 0.896. The summed E-state index contributed by atoms with van der Waals surface area (Å²) >= 11 is 0. The summed E-state index contributed by atoms with van der Waals surface area (Å²) in [6.45, 7) is 1.90. The molecule has 6 nitrogen and oxygen atoms in total. The van der Waals surface area contributed by atoms with E-state index in [4.69, 9.17) is 0 Å². The normalized spacial score (nSPS) is 12.0. The highest BCUT2D eigenvalue weighted by Crippen LogP contribution is 2.20. The predicted molar refractivity (Wildman–Crippen MR) is 83.5 cm³/mol. The van der Waals surface area contributed by atoms with E-state index in [1.807, 2.05) is 19.1 Å². The fraction of sp³-hybridized carbons (Fsp3) is 0.0667. The summed E-state index contributed by atoms with van der Waals surface area (Å²) in [6, 6.07) is 14.3. The molecule has 0 unspecified atom stereocenters. The van der Waals surface area contributed by atoms with Gasteiger partial charge in [-0.05, 0) is 31.2 Å². The Bertz CT molecular complexity index is 797. The average molecular weight is 318 g/mol. The Labute approximate surface area is 128 Å². The number of aryl methyl sites for hydroxylation is 1. The van der Waals surface area contributed by atoms with Crippen molar-refractivity contribution in [2.45, 2.75) is 11.8 Å². The zero-order valence-electron chi connectivity index (χ0n) is 11.8. The molecule has 0 saturated carbocycles. The summed E-state index contributed by atoms with van der Waals surface area (Å²) in [7, 11) is -4.18. The lowest BCUT2D eigenvalue weighted by Crippen LogP contribution is -2.14. The van der Waals surface area contributed by atoms with Crippen LogP contribution in [0.1, 0.15) is 5.56 Å². The first-order valence-corrected chi connectivity index (χ1v) is 7.87. The molecule has 0 aliphatic heterocycles. The Kier molecular flexibility index (Phi) is 4.57. The van der Waals surface area contributed by atoms with Gasteiger partial charge in [-0.1, -0.05) is 35.9 Å². The van der Waals surface area contributed by atoms with Gasteiger partial charge in [0.15, 0.2) is 0 Å². The third-order valence-corrected chi connectivity index (χ3v) is 4.63. The second-order valence-corrected chi connectivity index (χ2v) is 6.46. The molecule has 0 aromatic heterocycles. The molecule has 0 spiro atoms. The molecule has 1 N–H and O–H groups in total. The highest BCUT2D eigenvalue weighted by atomic mass is 32.2. The van der Waals surface area contributed by atoms with Gasteiger partial charge in [0.2, 0.25) is 0 Å². The molecule has 0 atom stereocenters. The molecule has 0 saturated heterocycles. The van der Waals surface area contributed by atoms with E-state index in [-0.39, 0.29) is 4.90 Å². The van der Waals surface area contributed by atoms with Gasteiger partial charge in [-0.25, -0.2) is 8.42 Å². The van der Waals surface area contributed by atoms with Crippen LogP contribution in [0.2, 0.25) is 0 Å². The topological polar surface area (TPSA) is 89.3 Å². The standard InChI is InChI=1S/C15H14N2O4S/c1-12-7-9-13(10-8-12)16-11-15(17(18)19)22(20,21)14-5-3-2-4-6-14/h2-11,16H,1H3/b15-11+. The molecule has 0 aliphatic carbocycles. The average Bonchev–Trinajstić information content (AvgIpc) is 2.50. The molecular weight excluding hydrogens is 304 g/mol. The van der Waals surface area contributed by atoms with E-state index in [1.54, 1.807) is 18.2 Å². The zero-order chi connectivity index (χ0) is 16.2. The quantitative estimate of drug-likeness (QED) is 0.676. The van der Waals surface area contributed by atoms with E-state index >= 15 is 0 Å². The number of nitrogens with zero attached hydrogens (tertiary/aromatic N) is 1. The SMILES string of the molecule is Cc1ccc(N/C=C(\[N+](=O)[O-])S(=O)(=O)c2ccccc2)cc1. The van der Waals surface area contributed by atoms with Crippen LogP contribution in [0.4, 0.5) is 5.69 Å². The Balaban J connectivity index is 2.36. The largest absolute Gasteiger partial charge is 0.379 e. The van der Waals surface area contributed by atoms with Crippen molar-refractivity contribution >= 4 is 15.5 Å². The molecule has 22 heavy (non-hydrogen) atoms. The third-order valence-electron chi connectivity index (χ3n) is 2.92. The lowest BCUT2D eigenvalue weighted by molar-refractivity contribution is -0.411. The Morgan fingerprint density at radius 2 is 1.68 bits per heavy atom. The number of hydrogen-bond donors (Lipinski definition) is 1. The lowest BCUT2D eigenvalue weighted by atomic mass is 10.2. The first-order valence-electron chi connectivity index (χ1n) is 6.39. The zero-order valence-corrected chi connectivity index (χ0v) is 12.6. The molecule has 0 heterocycles. The minimum atomic E-state index is -4.18. The smallest absolute Gasteiger partial charge is 0.355 e. The van der Waals surface area contributed by atoms with Crippen LogP contribution in [0, 0.1) is 17.0 Å². The van der Waals surface area contributed by atoms with Crippen molar-refractivity contribution in [3.05, 3.63) is 81.5 Å². The van der Waals surface area contributed by atoms with Gasteiger partial charge in [-0.2, -0.15) is 0 Å². The molecule has 114 valence electrons. The number of anilines is 1. The van der Waals surface area contributed by atoms with Gasteiger partial charge < -0.3 is 5.32 Å². The first-order chi connectivity index (χ1) is 10.4. The number of hydrogen-bond acceptors (Lipinski definition) is 5. The number of nitrogens with one attached hydrogen (secondary N) is 1. The highest BCUT2D eigenvalue weighted by Gasteiger charge is 2.31. The molecule has 0 radical (unpaired) electrons. The van der Waals surface area contributed by atoms with Gasteiger partial charge in [0.25, 0.3) is 9.84 Å². The summed E-state index contributed by atoms with van der Waals surface area (Å²) in [4.78, 5) is 10.1. The van der Waals surface area contributed by atoms with Crippen LogP contribution in [0.5, 0.6) is 0 Å². The fourth-order valence-corrected chi connectivity index (χ4v) is 2.91. The maximum absolute atomic E-state index is 12.3. The van der Waals surface area contributed by atoms with E-state index in [0.29, 0.717) is 5.69 Å². The van der Waals surface area contributed by atoms with Crippen molar-refractivity contribution < 1.29 is 13.3 Å². The fourth-order valence-electron chi connectivity index (χ4n) is 1.74. The molecule has 0 aliphatic rings. The number of rotatable bonds is 5. The van der Waals surface area contributed by atoms with Gasteiger partial charge >= 0.3 is 5.03 Å². The van der Waals surface area contributed by atoms with Crippen molar-refractivity contribution in [1.29, 1.82) is 0 Å². The molecule has 0 bridgehead atoms. The van der Waals surface area contributed by atoms with Crippen LogP contribution >= 0.6 is 0 Å². The van der Waals surface area contributed by atoms with Crippen molar-refractivity contribution in [2.24, 2.45) is 0 Å². The van der Waals surface area contributed by atoms with E-state index in [1.165, 1.54) is 24.3 Å². The van der Waals surface area contributed by atoms with Crippen molar-refractivity contribution in [2.75, 3.05) is 5.32 Å². The lowest BCUT2D eigenvalue weighted by Gasteiger charge is -2.04. The van der Waals surface area contributed by atoms with Gasteiger partial charge in [0, 0.05) is 5.69 Å². The van der Waals surface area contributed by atoms with Gasteiger partial charge in [0.1, 0.15) is 0 Å². The van der Waals surface area contributed by atoms with Crippen LogP contribution in [0.25, 0.3) is 0 Å². The van der Waals surface area contributed by atoms with E-state index < -0.39 is 19.8 Å². The van der Waals surface area contributed by atoms with Crippen LogP contribution in [0.15, 0.2) is 70.7 Å². The Morgan fingerprint density at radius 1 is 1.09 bits per heavy atom. The van der Waals surface area contributed by atoms with E-state index in [0.717, 1.165) is 11.8 Å². The van der Waals surface area contributed by atoms with Gasteiger partial charge in [-0.3, -0.25) is 10.1 Å². The third kappa shape index (κ3) is 3.50. The maximum Gasteiger partial charge on any atom is 0.379 e. The molecule has 0 fully saturated rings. The van der Waals surface area contributed by atoms with Crippen LogP contribution in [-0.4, -0.2) is 13.3 Å². The number of nitro groups is 1. The first kappa shape index (κ1) is 15.7. The molecule has 0 amide bonds. The second kappa shape index (κ2) is 6.40. The predicted octanol–water partition coefficient (Wildman–Crippen LogP) is 2.96. The molecular formula is C15H14N2O4S. The summed E-state index contributed by atoms with van der Waals surface area (Å²) in [5, 5.41) is 12.9. The van der Waals surface area contributed by atoms with Crippen molar-refractivity contribution in [3.63, 3.8) is 0 Å². The second-order valence-electron chi connectivity index (χ2n) is 4.57. The highest BCUT2D eigenvalue weighted by molar-refractivity contribution is 7.95.